The Labute approximate surface area is 131 Å². The molecule has 1 aliphatic rings. The fourth-order valence-electron chi connectivity index (χ4n) is 2.14. The van der Waals surface area contributed by atoms with Gasteiger partial charge in [-0.05, 0) is 45.3 Å². The van der Waals surface area contributed by atoms with Crippen LogP contribution in [0.2, 0.25) is 0 Å². The smallest absolute Gasteiger partial charge is 0.399 e. The number of nitrogens with zero attached hydrogens (tertiary/aromatic N) is 1. The van der Waals surface area contributed by atoms with Gasteiger partial charge in [0.15, 0.2) is 0 Å². The second kappa shape index (κ2) is 6.11. The largest absolute Gasteiger partial charge is 0.494 e. The van der Waals surface area contributed by atoms with Gasteiger partial charge in [-0.3, -0.25) is 4.79 Å². The van der Waals surface area contributed by atoms with Crippen molar-refractivity contribution in [3.05, 3.63) is 29.8 Å². The monoisotopic (exact) mass is 300 g/mol. The summed E-state index contributed by atoms with van der Waals surface area (Å²) in [7, 11) is -0.489. The van der Waals surface area contributed by atoms with E-state index in [0.29, 0.717) is 18.5 Å². The van der Waals surface area contributed by atoms with Gasteiger partial charge in [0.1, 0.15) is 0 Å². The molecule has 0 spiro atoms. The Kier molecular flexibility index (Phi) is 4.59. The molecule has 2 rings (SSSR count). The van der Waals surface area contributed by atoms with Crippen LogP contribution >= 0.6 is 0 Å². The van der Waals surface area contributed by atoms with Crippen molar-refractivity contribution in [1.29, 1.82) is 5.26 Å². The quantitative estimate of drug-likeness (QED) is 0.677. The van der Waals surface area contributed by atoms with Crippen molar-refractivity contribution >= 4 is 18.5 Å². The van der Waals surface area contributed by atoms with Crippen molar-refractivity contribution in [2.24, 2.45) is 0 Å². The highest BCUT2D eigenvalue weighted by Crippen LogP contribution is 2.36. The average molecular weight is 300 g/mol. The normalized spacial score (nSPS) is 18.8. The second-order valence-electron chi connectivity index (χ2n) is 6.38. The number of rotatable bonds is 4. The van der Waals surface area contributed by atoms with E-state index < -0.39 is 18.3 Å². The zero-order valence-electron chi connectivity index (χ0n) is 13.5. The van der Waals surface area contributed by atoms with Gasteiger partial charge < -0.3 is 14.6 Å². The van der Waals surface area contributed by atoms with Crippen molar-refractivity contribution in [3.63, 3.8) is 0 Å². The number of nitriles is 1. The van der Waals surface area contributed by atoms with Crippen LogP contribution in [0.1, 0.15) is 44.5 Å². The lowest BCUT2D eigenvalue weighted by atomic mass is 9.78. The van der Waals surface area contributed by atoms with E-state index in [1.165, 1.54) is 0 Å². The summed E-state index contributed by atoms with van der Waals surface area (Å²) in [6.07, 6.45) is 0.294. The highest BCUT2D eigenvalue weighted by Gasteiger charge is 2.51. The van der Waals surface area contributed by atoms with Crippen molar-refractivity contribution in [2.45, 2.75) is 45.3 Å². The van der Waals surface area contributed by atoms with Crippen molar-refractivity contribution in [2.75, 3.05) is 6.54 Å². The third-order valence-electron chi connectivity index (χ3n) is 4.20. The molecule has 1 aliphatic heterocycles. The molecule has 1 amide bonds. The summed E-state index contributed by atoms with van der Waals surface area (Å²) in [6.45, 7) is 8.31. The average Bonchev–Trinajstić information content (AvgIpc) is 2.68. The second-order valence-corrected chi connectivity index (χ2v) is 6.38. The van der Waals surface area contributed by atoms with Crippen molar-refractivity contribution in [3.8, 4) is 6.07 Å². The summed E-state index contributed by atoms with van der Waals surface area (Å²) in [4.78, 5) is 12.0. The fourth-order valence-corrected chi connectivity index (χ4v) is 2.14. The van der Waals surface area contributed by atoms with E-state index >= 15 is 0 Å². The first-order valence-corrected chi connectivity index (χ1v) is 7.37. The molecule has 1 N–H and O–H groups in total. The van der Waals surface area contributed by atoms with Gasteiger partial charge in [-0.1, -0.05) is 12.1 Å². The lowest BCUT2D eigenvalue weighted by Crippen LogP contribution is -2.41. The SMILES string of the molecule is CC1(C)OB(c2cccc(C(=O)NCCC#N)c2)OC1(C)C. The molecule has 0 bridgehead atoms. The molecular formula is C16H21BN2O3. The summed E-state index contributed by atoms with van der Waals surface area (Å²) in [5, 5.41) is 11.2. The van der Waals surface area contributed by atoms with Crippen LogP contribution in [-0.2, 0) is 9.31 Å². The third kappa shape index (κ3) is 3.32. The third-order valence-corrected chi connectivity index (χ3v) is 4.20. The maximum Gasteiger partial charge on any atom is 0.494 e. The van der Waals surface area contributed by atoms with Gasteiger partial charge in [0, 0.05) is 12.1 Å². The van der Waals surface area contributed by atoms with Crippen molar-refractivity contribution in [1.82, 2.24) is 5.32 Å². The number of benzene rings is 1. The first-order chi connectivity index (χ1) is 10.3. The van der Waals surface area contributed by atoms with Gasteiger partial charge in [0.05, 0.1) is 23.7 Å². The minimum absolute atomic E-state index is 0.200. The molecule has 22 heavy (non-hydrogen) atoms. The molecule has 0 atom stereocenters. The topological polar surface area (TPSA) is 71.3 Å². The van der Waals surface area contributed by atoms with E-state index in [0.717, 1.165) is 5.46 Å². The standard InChI is InChI=1S/C16H21BN2O3/c1-15(2)16(3,4)22-17(21-15)13-8-5-7-12(11-13)14(20)19-10-6-9-18/h5,7-8,11H,6,10H2,1-4H3,(H,19,20). The zero-order chi connectivity index (χ0) is 16.4. The van der Waals surface area contributed by atoms with E-state index in [1.54, 1.807) is 18.2 Å². The van der Waals surface area contributed by atoms with E-state index in [1.807, 2.05) is 39.8 Å². The number of hydrogen-bond acceptors (Lipinski definition) is 4. The van der Waals surface area contributed by atoms with Crippen LogP contribution < -0.4 is 10.8 Å². The Morgan fingerprint density at radius 2 is 1.91 bits per heavy atom. The summed E-state index contributed by atoms with van der Waals surface area (Å²) in [6, 6.07) is 9.18. The molecule has 5 nitrogen and oxygen atoms in total. The molecule has 1 aromatic carbocycles. The Morgan fingerprint density at radius 1 is 1.27 bits per heavy atom. The summed E-state index contributed by atoms with van der Waals surface area (Å²) in [5.74, 6) is -0.200. The molecule has 1 aromatic rings. The maximum absolute atomic E-state index is 12.0. The minimum atomic E-state index is -0.489. The minimum Gasteiger partial charge on any atom is -0.399 e. The highest BCUT2D eigenvalue weighted by atomic mass is 16.7. The first-order valence-electron chi connectivity index (χ1n) is 7.37. The Balaban J connectivity index is 2.13. The molecule has 116 valence electrons. The van der Waals surface area contributed by atoms with Crippen LogP contribution in [0.15, 0.2) is 24.3 Å². The number of hydrogen-bond donors (Lipinski definition) is 1. The Hall–Kier alpha value is -1.84. The van der Waals surface area contributed by atoms with Crippen molar-refractivity contribution < 1.29 is 14.1 Å². The lowest BCUT2D eigenvalue weighted by Gasteiger charge is -2.32. The summed E-state index contributed by atoms with van der Waals surface area (Å²) < 4.78 is 12.0. The molecule has 0 aromatic heterocycles. The van der Waals surface area contributed by atoms with Gasteiger partial charge in [-0.25, -0.2) is 0 Å². The predicted molar refractivity (Wildman–Crippen MR) is 84.7 cm³/mol. The van der Waals surface area contributed by atoms with Crippen LogP contribution in [0.3, 0.4) is 0 Å². The van der Waals surface area contributed by atoms with Gasteiger partial charge in [-0.2, -0.15) is 5.26 Å². The van der Waals surface area contributed by atoms with Crippen LogP contribution in [-0.4, -0.2) is 30.8 Å². The molecule has 1 heterocycles. The van der Waals surface area contributed by atoms with Crippen LogP contribution in [0.4, 0.5) is 0 Å². The molecule has 6 heteroatoms. The molecule has 1 saturated heterocycles. The Bertz CT molecular complexity index is 592. The van der Waals surface area contributed by atoms with E-state index in [4.69, 9.17) is 14.6 Å². The number of carbonyl (C=O) groups excluding carboxylic acids is 1. The molecule has 0 aliphatic carbocycles. The fraction of sp³-hybridized carbons (Fsp3) is 0.500. The molecule has 0 unspecified atom stereocenters. The van der Waals surface area contributed by atoms with Gasteiger partial charge in [0.2, 0.25) is 0 Å². The summed E-state index contributed by atoms with van der Waals surface area (Å²) >= 11 is 0. The number of nitrogens with one attached hydrogen (secondary N) is 1. The number of amides is 1. The van der Waals surface area contributed by atoms with Gasteiger partial charge in [0.25, 0.3) is 5.91 Å². The predicted octanol–water partition coefficient (Wildman–Crippen LogP) is 1.63. The molecule has 0 saturated carbocycles. The summed E-state index contributed by atoms with van der Waals surface area (Å²) in [5.41, 5.74) is 0.516. The highest BCUT2D eigenvalue weighted by molar-refractivity contribution is 6.62. The first kappa shape index (κ1) is 16.5. The van der Waals surface area contributed by atoms with E-state index in [9.17, 15) is 4.79 Å². The molecular weight excluding hydrogens is 279 g/mol. The van der Waals surface area contributed by atoms with Crippen LogP contribution in [0.25, 0.3) is 0 Å². The lowest BCUT2D eigenvalue weighted by molar-refractivity contribution is 0.00578. The zero-order valence-corrected chi connectivity index (χ0v) is 13.5. The Morgan fingerprint density at radius 3 is 2.50 bits per heavy atom. The van der Waals surface area contributed by atoms with Gasteiger partial charge in [-0.15, -0.1) is 0 Å². The van der Waals surface area contributed by atoms with E-state index in [-0.39, 0.29) is 5.91 Å². The van der Waals surface area contributed by atoms with E-state index in [2.05, 4.69) is 5.32 Å². The van der Waals surface area contributed by atoms with Gasteiger partial charge >= 0.3 is 7.12 Å². The molecule has 0 radical (unpaired) electrons. The van der Waals surface area contributed by atoms with Crippen LogP contribution in [0.5, 0.6) is 0 Å². The van der Waals surface area contributed by atoms with Crippen LogP contribution in [0, 0.1) is 11.3 Å². The number of carbonyl (C=O) groups is 1. The maximum atomic E-state index is 12.0. The molecule has 1 fully saturated rings.